The van der Waals surface area contributed by atoms with E-state index >= 15 is 0 Å². The van der Waals surface area contributed by atoms with Gasteiger partial charge in [-0.25, -0.2) is 0 Å². The van der Waals surface area contributed by atoms with E-state index < -0.39 is 0 Å². The number of unbranched alkanes of at least 4 members (excludes halogenated alkanes) is 1. The Morgan fingerprint density at radius 2 is 1.88 bits per heavy atom. The minimum Gasteiger partial charge on any atom is -0.297 e. The summed E-state index contributed by atoms with van der Waals surface area (Å²) >= 11 is 0. The number of rotatable bonds is 6. The molecule has 0 N–H and O–H groups in total. The van der Waals surface area contributed by atoms with Gasteiger partial charge in [0.25, 0.3) is 0 Å². The fraction of sp³-hybridized carbons (Fsp3) is 0.364. The third-order valence-electron chi connectivity index (χ3n) is 4.38. The Hall–Kier alpha value is -2.22. The minimum absolute atomic E-state index is 0.103. The molecule has 0 heterocycles. The molecule has 0 radical (unpaired) electrons. The zero-order valence-corrected chi connectivity index (χ0v) is 15.3. The quantitative estimate of drug-likeness (QED) is 0.480. The Labute approximate surface area is 145 Å². The second kappa shape index (κ2) is 8.05. The van der Waals surface area contributed by atoms with E-state index in [-0.39, 0.29) is 5.78 Å². The van der Waals surface area contributed by atoms with Crippen LogP contribution in [0, 0.1) is 0 Å². The van der Waals surface area contributed by atoms with E-state index in [1.54, 1.807) is 0 Å². The third kappa shape index (κ3) is 3.81. The number of allylic oxidation sites excluding steroid dienone is 5. The van der Waals surface area contributed by atoms with Crippen molar-refractivity contribution in [2.45, 2.75) is 46.5 Å². The summed E-state index contributed by atoms with van der Waals surface area (Å²) in [5.74, 6) is 0.103. The number of benzene rings is 1. The van der Waals surface area contributed by atoms with Crippen LogP contribution in [0.15, 0.2) is 58.6 Å². The lowest BCUT2D eigenvalue weighted by molar-refractivity contribution is 0.104. The predicted molar refractivity (Wildman–Crippen MR) is 104 cm³/mol. The molecule has 126 valence electrons. The van der Waals surface area contributed by atoms with Gasteiger partial charge in [0.2, 0.25) is 0 Å². The van der Waals surface area contributed by atoms with Crippen LogP contribution in [0.4, 0.5) is 0 Å². The van der Waals surface area contributed by atoms with Crippen molar-refractivity contribution in [3.05, 3.63) is 64.8 Å². The van der Waals surface area contributed by atoms with Crippen LogP contribution >= 0.6 is 0 Å². The molecule has 1 aromatic carbocycles. The average molecular weight is 321 g/mol. The standard InChI is InChI=1S/C22H27NO/c1-6-7-10-17(23-5)14-16(4)21-18-11-8-9-12-19(18)22(24)20(21)13-15(2)3/h8-9,11-13H,2,6-7,10,14H2,1,3-5H3/b20-13+,21-16?,23-17?. The zero-order valence-electron chi connectivity index (χ0n) is 15.3. The summed E-state index contributed by atoms with van der Waals surface area (Å²) in [4.78, 5) is 17.3. The maximum atomic E-state index is 12.8. The summed E-state index contributed by atoms with van der Waals surface area (Å²) in [6.07, 6.45) is 6.07. The molecular weight excluding hydrogens is 294 g/mol. The van der Waals surface area contributed by atoms with E-state index in [0.717, 1.165) is 53.5 Å². The van der Waals surface area contributed by atoms with Gasteiger partial charge in [-0.3, -0.25) is 9.79 Å². The predicted octanol–water partition coefficient (Wildman–Crippen LogP) is 5.81. The van der Waals surface area contributed by atoms with E-state index in [1.165, 1.54) is 11.3 Å². The molecular formula is C22H27NO. The molecule has 2 nitrogen and oxygen atoms in total. The molecule has 0 aliphatic heterocycles. The molecule has 24 heavy (non-hydrogen) atoms. The molecule has 0 spiro atoms. The normalized spacial score (nSPS) is 18.1. The molecule has 1 aliphatic rings. The molecule has 1 aliphatic carbocycles. The molecule has 0 amide bonds. The molecule has 0 saturated heterocycles. The van der Waals surface area contributed by atoms with Crippen LogP contribution in [0.5, 0.6) is 0 Å². The minimum atomic E-state index is 0.103. The maximum Gasteiger partial charge on any atom is 0.194 e. The van der Waals surface area contributed by atoms with Gasteiger partial charge in [0, 0.05) is 30.3 Å². The van der Waals surface area contributed by atoms with Crippen molar-refractivity contribution in [2.75, 3.05) is 7.05 Å². The highest BCUT2D eigenvalue weighted by Crippen LogP contribution is 2.40. The van der Waals surface area contributed by atoms with E-state index in [0.29, 0.717) is 0 Å². The van der Waals surface area contributed by atoms with Crippen molar-refractivity contribution >= 4 is 17.1 Å². The Kier molecular flexibility index (Phi) is 6.08. The Morgan fingerprint density at radius 3 is 2.46 bits per heavy atom. The van der Waals surface area contributed by atoms with Crippen LogP contribution in [-0.2, 0) is 0 Å². The average Bonchev–Trinajstić information content (AvgIpc) is 2.83. The fourth-order valence-electron chi connectivity index (χ4n) is 3.20. The first-order valence-electron chi connectivity index (χ1n) is 8.65. The van der Waals surface area contributed by atoms with Crippen LogP contribution in [0.2, 0.25) is 0 Å². The number of aliphatic imine (C=N–C) groups is 1. The summed E-state index contributed by atoms with van der Waals surface area (Å²) in [5.41, 5.74) is 6.97. The van der Waals surface area contributed by atoms with Crippen LogP contribution < -0.4 is 0 Å². The van der Waals surface area contributed by atoms with Crippen LogP contribution in [-0.4, -0.2) is 18.5 Å². The second-order valence-corrected chi connectivity index (χ2v) is 6.50. The Balaban J connectivity index is 2.50. The first kappa shape index (κ1) is 18.1. The lowest BCUT2D eigenvalue weighted by Crippen LogP contribution is -2.02. The van der Waals surface area contributed by atoms with Crippen molar-refractivity contribution in [3.8, 4) is 0 Å². The number of carbonyl (C=O) groups is 1. The van der Waals surface area contributed by atoms with Crippen LogP contribution in [0.3, 0.4) is 0 Å². The highest BCUT2D eigenvalue weighted by molar-refractivity contribution is 6.27. The Morgan fingerprint density at radius 1 is 1.21 bits per heavy atom. The number of nitrogens with zero attached hydrogens (tertiary/aromatic N) is 1. The topological polar surface area (TPSA) is 29.4 Å². The van der Waals surface area contributed by atoms with Crippen molar-refractivity contribution in [1.29, 1.82) is 0 Å². The van der Waals surface area contributed by atoms with Gasteiger partial charge < -0.3 is 0 Å². The maximum absolute atomic E-state index is 12.8. The third-order valence-corrected chi connectivity index (χ3v) is 4.38. The van der Waals surface area contributed by atoms with Gasteiger partial charge in [0.1, 0.15) is 0 Å². The molecule has 0 aromatic heterocycles. The van der Waals surface area contributed by atoms with E-state index in [9.17, 15) is 4.79 Å². The van der Waals surface area contributed by atoms with Crippen molar-refractivity contribution in [2.24, 2.45) is 4.99 Å². The Bertz CT molecular complexity index is 747. The lowest BCUT2D eigenvalue weighted by Gasteiger charge is -2.11. The smallest absolute Gasteiger partial charge is 0.194 e. The number of hydrogen-bond acceptors (Lipinski definition) is 2. The molecule has 0 fully saturated rings. The summed E-state index contributed by atoms with van der Waals surface area (Å²) in [6, 6.07) is 7.87. The van der Waals surface area contributed by atoms with Gasteiger partial charge in [-0.1, -0.05) is 55.3 Å². The molecule has 1 aromatic rings. The van der Waals surface area contributed by atoms with Gasteiger partial charge >= 0.3 is 0 Å². The largest absolute Gasteiger partial charge is 0.297 e. The molecule has 0 bridgehead atoms. The summed E-state index contributed by atoms with van der Waals surface area (Å²) in [7, 11) is 1.86. The van der Waals surface area contributed by atoms with Gasteiger partial charge in [0.05, 0.1) is 0 Å². The SMILES string of the molecule is C=C(C)/C=C1/C(=O)c2ccccc2C1=C(C)CC(CCCC)=NC. The number of fused-ring (bicyclic) bond motifs is 1. The number of carbonyl (C=O) groups excluding carboxylic acids is 1. The monoisotopic (exact) mass is 321 g/mol. The van der Waals surface area contributed by atoms with Gasteiger partial charge in [0.15, 0.2) is 5.78 Å². The number of ketones is 1. The lowest BCUT2D eigenvalue weighted by atomic mass is 9.94. The fourth-order valence-corrected chi connectivity index (χ4v) is 3.20. The highest BCUT2D eigenvalue weighted by Gasteiger charge is 2.30. The number of Topliss-reactive ketones (excluding diaryl/α,β-unsaturated/α-hetero) is 1. The summed E-state index contributed by atoms with van der Waals surface area (Å²) < 4.78 is 0. The summed E-state index contributed by atoms with van der Waals surface area (Å²) in [6.45, 7) is 10.2. The van der Waals surface area contributed by atoms with Crippen LogP contribution in [0.25, 0.3) is 5.57 Å². The second-order valence-electron chi connectivity index (χ2n) is 6.50. The van der Waals surface area contributed by atoms with Crippen molar-refractivity contribution in [3.63, 3.8) is 0 Å². The number of hydrogen-bond donors (Lipinski definition) is 0. The van der Waals surface area contributed by atoms with Crippen molar-refractivity contribution < 1.29 is 4.79 Å². The van der Waals surface area contributed by atoms with Gasteiger partial charge in [-0.2, -0.15) is 0 Å². The molecule has 0 unspecified atom stereocenters. The molecule has 0 atom stereocenters. The van der Waals surface area contributed by atoms with Gasteiger partial charge in [-0.05, 0) is 43.9 Å². The van der Waals surface area contributed by atoms with Gasteiger partial charge in [-0.15, -0.1) is 0 Å². The molecule has 2 heteroatoms. The van der Waals surface area contributed by atoms with Crippen LogP contribution in [0.1, 0.15) is 62.4 Å². The molecule has 0 saturated carbocycles. The van der Waals surface area contributed by atoms with E-state index in [4.69, 9.17) is 0 Å². The summed E-state index contributed by atoms with van der Waals surface area (Å²) in [5, 5.41) is 0. The first-order valence-corrected chi connectivity index (χ1v) is 8.65. The first-order chi connectivity index (χ1) is 11.5. The highest BCUT2D eigenvalue weighted by atomic mass is 16.1. The molecule has 2 rings (SSSR count). The van der Waals surface area contributed by atoms with E-state index in [1.807, 2.05) is 44.3 Å². The van der Waals surface area contributed by atoms with Crippen molar-refractivity contribution in [1.82, 2.24) is 0 Å². The zero-order chi connectivity index (χ0) is 17.7. The van der Waals surface area contributed by atoms with E-state index in [2.05, 4.69) is 25.4 Å².